The lowest BCUT2D eigenvalue weighted by molar-refractivity contribution is 0.768. The van der Waals surface area contributed by atoms with Crippen LogP contribution in [0.1, 0.15) is 22.3 Å². The minimum Gasteiger partial charge on any atom is -0.310 e. The summed E-state index contributed by atoms with van der Waals surface area (Å²) >= 11 is 0. The predicted octanol–water partition coefficient (Wildman–Crippen LogP) is 17.6. The van der Waals surface area contributed by atoms with E-state index in [-0.39, 0.29) is 0 Å². The summed E-state index contributed by atoms with van der Waals surface area (Å²) < 4.78 is 2.39. The summed E-state index contributed by atoms with van der Waals surface area (Å²) in [6.45, 7) is 0. The predicted molar refractivity (Wildman–Crippen MR) is 289 cm³/mol. The second-order valence-corrected chi connectivity index (χ2v) is 18.0. The van der Waals surface area contributed by atoms with Crippen molar-refractivity contribution in [1.29, 1.82) is 0 Å². The third kappa shape index (κ3) is 6.64. The molecule has 0 saturated carbocycles. The molecule has 1 aromatic heterocycles. The first kappa shape index (κ1) is 40.3. The Labute approximate surface area is 403 Å². The average molecular weight is 879 g/mol. The number of hydrogen-bond donors (Lipinski definition) is 0. The Kier molecular flexibility index (Phi) is 9.77. The van der Waals surface area contributed by atoms with Crippen LogP contribution in [0.5, 0.6) is 0 Å². The summed E-state index contributed by atoms with van der Waals surface area (Å²) in [5.41, 5.74) is 21.0. The van der Waals surface area contributed by atoms with Gasteiger partial charge < -0.3 is 9.47 Å². The average Bonchev–Trinajstić information content (AvgIpc) is 3.93. The second kappa shape index (κ2) is 16.7. The highest BCUT2D eigenvalue weighted by Crippen LogP contribution is 2.59. The molecule has 1 heterocycles. The number of benzene rings is 11. The van der Waals surface area contributed by atoms with E-state index in [0.717, 1.165) is 22.7 Å². The van der Waals surface area contributed by atoms with Crippen LogP contribution in [-0.2, 0) is 5.41 Å². The fourth-order valence-corrected chi connectivity index (χ4v) is 11.2. The van der Waals surface area contributed by atoms with Gasteiger partial charge in [0.15, 0.2) is 0 Å². The molecule has 0 aliphatic heterocycles. The van der Waals surface area contributed by atoms with Gasteiger partial charge in [0.1, 0.15) is 0 Å². The smallest absolute Gasteiger partial charge is 0.0714 e. The van der Waals surface area contributed by atoms with Crippen LogP contribution in [0.4, 0.5) is 17.1 Å². The molecule has 0 amide bonds. The molecular weight excluding hydrogens is 833 g/mol. The molecule has 0 unspecified atom stereocenters. The van der Waals surface area contributed by atoms with Crippen molar-refractivity contribution in [3.05, 3.63) is 301 Å². The standard InChI is InChI=1S/C67H46N2/c1-5-18-47(19-6-1)48-32-34-49(35-33-48)50-36-40-55(41-37-50)68(54-24-11-4-12-25-54)57-44-45-61-63(46-57)67(52-20-7-2-8-21-52,53-22-9-3-10-23-53)62-29-17-28-58(66(61)62)51-38-42-56(43-39-51)69-64-30-15-13-26-59(64)60-27-14-16-31-65(60)69/h1-46H. The first-order valence-electron chi connectivity index (χ1n) is 23.8. The number of anilines is 3. The van der Waals surface area contributed by atoms with E-state index in [1.54, 1.807) is 0 Å². The Morgan fingerprint density at radius 3 is 1.32 bits per heavy atom. The normalized spacial score (nSPS) is 12.5. The fourth-order valence-electron chi connectivity index (χ4n) is 11.2. The molecule has 0 fully saturated rings. The van der Waals surface area contributed by atoms with E-state index < -0.39 is 5.41 Å². The molecule has 0 N–H and O–H groups in total. The van der Waals surface area contributed by atoms with E-state index in [9.17, 15) is 0 Å². The van der Waals surface area contributed by atoms with Crippen LogP contribution in [0.3, 0.4) is 0 Å². The highest BCUT2D eigenvalue weighted by molar-refractivity contribution is 6.09. The van der Waals surface area contributed by atoms with Crippen molar-refractivity contribution in [2.75, 3.05) is 4.90 Å². The van der Waals surface area contributed by atoms with E-state index in [4.69, 9.17) is 0 Å². The molecule has 0 atom stereocenters. The molecule has 11 aromatic carbocycles. The molecule has 0 spiro atoms. The van der Waals surface area contributed by atoms with Crippen LogP contribution in [-0.4, -0.2) is 4.57 Å². The van der Waals surface area contributed by atoms with E-state index in [2.05, 4.69) is 289 Å². The zero-order valence-corrected chi connectivity index (χ0v) is 38.0. The zero-order chi connectivity index (χ0) is 45.7. The Hall–Kier alpha value is -8.98. The largest absolute Gasteiger partial charge is 0.310 e. The quantitative estimate of drug-likeness (QED) is 0.140. The molecule has 0 radical (unpaired) electrons. The number of para-hydroxylation sites is 3. The summed E-state index contributed by atoms with van der Waals surface area (Å²) in [4.78, 5) is 2.40. The van der Waals surface area contributed by atoms with E-state index in [1.165, 1.54) is 88.6 Å². The summed E-state index contributed by atoms with van der Waals surface area (Å²) in [6, 6.07) is 102. The van der Waals surface area contributed by atoms with Crippen molar-refractivity contribution in [3.63, 3.8) is 0 Å². The molecule has 12 aromatic rings. The van der Waals surface area contributed by atoms with Gasteiger partial charge >= 0.3 is 0 Å². The molecule has 1 aliphatic carbocycles. The Bertz CT molecular complexity index is 3690. The number of aromatic nitrogens is 1. The summed E-state index contributed by atoms with van der Waals surface area (Å²) in [5.74, 6) is 0. The van der Waals surface area contributed by atoms with Crippen LogP contribution in [0.25, 0.3) is 72.0 Å². The lowest BCUT2D eigenvalue weighted by atomic mass is 9.67. The van der Waals surface area contributed by atoms with Gasteiger partial charge in [-0.05, 0) is 127 Å². The zero-order valence-electron chi connectivity index (χ0n) is 38.0. The van der Waals surface area contributed by atoms with Gasteiger partial charge in [-0.3, -0.25) is 0 Å². The topological polar surface area (TPSA) is 8.17 Å². The van der Waals surface area contributed by atoms with Crippen molar-refractivity contribution in [2.24, 2.45) is 0 Å². The molecular formula is C67H46N2. The van der Waals surface area contributed by atoms with Gasteiger partial charge in [0.2, 0.25) is 0 Å². The van der Waals surface area contributed by atoms with Gasteiger partial charge in [0, 0.05) is 33.5 Å². The van der Waals surface area contributed by atoms with Gasteiger partial charge in [0.25, 0.3) is 0 Å². The molecule has 324 valence electrons. The van der Waals surface area contributed by atoms with Crippen LogP contribution in [0.15, 0.2) is 279 Å². The lowest BCUT2D eigenvalue weighted by Gasteiger charge is -2.35. The van der Waals surface area contributed by atoms with Gasteiger partial charge in [-0.15, -0.1) is 0 Å². The summed E-state index contributed by atoms with van der Waals surface area (Å²) in [7, 11) is 0. The monoisotopic (exact) mass is 878 g/mol. The van der Waals surface area contributed by atoms with Crippen LogP contribution in [0.2, 0.25) is 0 Å². The second-order valence-electron chi connectivity index (χ2n) is 18.0. The van der Waals surface area contributed by atoms with Gasteiger partial charge in [-0.2, -0.15) is 0 Å². The van der Waals surface area contributed by atoms with Gasteiger partial charge in [0.05, 0.1) is 16.4 Å². The third-order valence-electron chi connectivity index (χ3n) is 14.3. The van der Waals surface area contributed by atoms with E-state index in [0.29, 0.717) is 0 Å². The molecule has 0 saturated heterocycles. The van der Waals surface area contributed by atoms with Gasteiger partial charge in [-0.1, -0.05) is 218 Å². The SMILES string of the molecule is c1ccc(-c2ccc(-c3ccc(N(c4ccccc4)c4ccc5c(c4)C(c4ccccc4)(c4ccccc4)c4cccc(-c6ccc(-n7c8ccccc8c8ccccc87)cc6)c4-5)cc3)cc2)cc1. The van der Waals surface area contributed by atoms with Crippen LogP contribution < -0.4 is 4.90 Å². The number of rotatable bonds is 9. The van der Waals surface area contributed by atoms with Gasteiger partial charge in [-0.25, -0.2) is 0 Å². The van der Waals surface area contributed by atoms with Crippen molar-refractivity contribution in [2.45, 2.75) is 5.41 Å². The number of nitrogens with zero attached hydrogens (tertiary/aromatic N) is 2. The van der Waals surface area contributed by atoms with Crippen molar-refractivity contribution in [1.82, 2.24) is 4.57 Å². The number of fused-ring (bicyclic) bond motifs is 6. The lowest BCUT2D eigenvalue weighted by Crippen LogP contribution is -2.28. The molecule has 2 nitrogen and oxygen atoms in total. The summed E-state index contributed by atoms with van der Waals surface area (Å²) in [5, 5.41) is 2.53. The van der Waals surface area contributed by atoms with E-state index >= 15 is 0 Å². The Morgan fingerprint density at radius 1 is 0.290 bits per heavy atom. The summed E-state index contributed by atoms with van der Waals surface area (Å²) in [6.07, 6.45) is 0. The fraction of sp³-hybridized carbons (Fsp3) is 0.0149. The maximum atomic E-state index is 2.47. The third-order valence-corrected chi connectivity index (χ3v) is 14.3. The van der Waals surface area contributed by atoms with Crippen molar-refractivity contribution >= 4 is 38.9 Å². The molecule has 1 aliphatic rings. The first-order chi connectivity index (χ1) is 34.2. The van der Waals surface area contributed by atoms with E-state index in [1.807, 2.05) is 0 Å². The van der Waals surface area contributed by atoms with Crippen LogP contribution >= 0.6 is 0 Å². The first-order valence-corrected chi connectivity index (χ1v) is 23.8. The minimum absolute atomic E-state index is 0.597. The maximum absolute atomic E-state index is 2.47. The maximum Gasteiger partial charge on any atom is 0.0714 e. The number of hydrogen-bond acceptors (Lipinski definition) is 1. The minimum atomic E-state index is -0.597. The highest BCUT2D eigenvalue weighted by atomic mass is 15.1. The molecule has 69 heavy (non-hydrogen) atoms. The molecule has 0 bridgehead atoms. The van der Waals surface area contributed by atoms with Crippen LogP contribution in [0, 0.1) is 0 Å². The van der Waals surface area contributed by atoms with Crippen molar-refractivity contribution in [3.8, 4) is 50.2 Å². The molecule has 13 rings (SSSR count). The molecule has 2 heteroatoms. The highest BCUT2D eigenvalue weighted by Gasteiger charge is 2.47. The Morgan fingerprint density at radius 2 is 0.739 bits per heavy atom. The Balaban J connectivity index is 0.968. The van der Waals surface area contributed by atoms with Crippen molar-refractivity contribution < 1.29 is 0 Å².